The number of aryl methyl sites for hydroxylation is 1. The molecule has 0 spiro atoms. The van der Waals surface area contributed by atoms with Crippen LogP contribution in [0, 0.1) is 6.92 Å². The van der Waals surface area contributed by atoms with Crippen molar-refractivity contribution in [2.24, 2.45) is 0 Å². The van der Waals surface area contributed by atoms with E-state index in [1.165, 1.54) is 23.0 Å². The van der Waals surface area contributed by atoms with Gasteiger partial charge in [-0.25, -0.2) is 0 Å². The Bertz CT molecular complexity index is 777. The van der Waals surface area contributed by atoms with E-state index >= 15 is 0 Å². The number of hydrogen-bond donors (Lipinski definition) is 1. The monoisotopic (exact) mass is 345 g/mol. The fraction of sp³-hybridized carbons (Fsp3) is 0.444. The van der Waals surface area contributed by atoms with E-state index < -0.39 is 0 Å². The van der Waals surface area contributed by atoms with Gasteiger partial charge in [0, 0.05) is 29.3 Å². The second-order valence-electron chi connectivity index (χ2n) is 6.44. The number of carbonyl (C=O) groups is 1. The summed E-state index contributed by atoms with van der Waals surface area (Å²) in [4.78, 5) is 26.2. The average Bonchev–Trinajstić information content (AvgIpc) is 3.36. The van der Waals surface area contributed by atoms with E-state index in [9.17, 15) is 9.59 Å². The summed E-state index contributed by atoms with van der Waals surface area (Å²) in [5, 5.41) is 4.66. The Balaban J connectivity index is 1.57. The van der Waals surface area contributed by atoms with Gasteiger partial charge in [-0.1, -0.05) is 23.5 Å². The number of rotatable bonds is 7. The van der Waals surface area contributed by atoms with E-state index in [4.69, 9.17) is 0 Å². The van der Waals surface area contributed by atoms with Crippen molar-refractivity contribution in [2.45, 2.75) is 38.8 Å². The quantitative estimate of drug-likeness (QED) is 0.839. The number of aromatic nitrogens is 1. The molecule has 0 saturated heterocycles. The summed E-state index contributed by atoms with van der Waals surface area (Å²) in [6, 6.07) is 8.71. The number of nitrogens with zero attached hydrogens (tertiary/aromatic N) is 2. The Morgan fingerprint density at radius 2 is 2.21 bits per heavy atom. The number of amides is 1. The molecule has 0 aliphatic heterocycles. The highest BCUT2D eigenvalue weighted by Gasteiger charge is 2.25. The number of carbonyl (C=O) groups excluding carboxylic acids is 1. The van der Waals surface area contributed by atoms with Crippen LogP contribution in [-0.4, -0.2) is 35.0 Å². The maximum absolute atomic E-state index is 12.2. The van der Waals surface area contributed by atoms with Crippen LogP contribution < -0.4 is 10.2 Å². The molecule has 1 heterocycles. The van der Waals surface area contributed by atoms with E-state index in [0.29, 0.717) is 0 Å². The summed E-state index contributed by atoms with van der Waals surface area (Å²) >= 11 is 1.12. The minimum Gasteiger partial charge on any atom is -0.325 e. The molecule has 1 saturated carbocycles. The Hall–Kier alpha value is -1.92. The number of hydrogen-bond acceptors (Lipinski definition) is 4. The first-order chi connectivity index (χ1) is 11.5. The molecule has 1 fully saturated rings. The van der Waals surface area contributed by atoms with Crippen LogP contribution in [0.3, 0.4) is 0 Å². The van der Waals surface area contributed by atoms with Crippen LogP contribution in [0.4, 0.5) is 5.69 Å². The molecule has 5 nitrogen and oxygen atoms in total. The molecule has 24 heavy (non-hydrogen) atoms. The summed E-state index contributed by atoms with van der Waals surface area (Å²) in [6.07, 6.45) is 3.60. The summed E-state index contributed by atoms with van der Waals surface area (Å²) in [7, 11) is 2.17. The van der Waals surface area contributed by atoms with Crippen molar-refractivity contribution in [3.05, 3.63) is 50.6 Å². The van der Waals surface area contributed by atoms with Gasteiger partial charge < -0.3 is 10.2 Å². The fourth-order valence-corrected chi connectivity index (χ4v) is 3.48. The highest BCUT2D eigenvalue weighted by molar-refractivity contribution is 7.07. The number of nitrogens with one attached hydrogen (secondary N) is 1. The van der Waals surface area contributed by atoms with Crippen LogP contribution in [0.1, 0.15) is 24.1 Å². The molecule has 0 radical (unpaired) electrons. The minimum atomic E-state index is -0.175. The molecule has 0 atom stereocenters. The average molecular weight is 345 g/mol. The van der Waals surface area contributed by atoms with Gasteiger partial charge in [-0.3, -0.25) is 14.2 Å². The summed E-state index contributed by atoms with van der Waals surface area (Å²) in [5.41, 5.74) is 2.81. The van der Waals surface area contributed by atoms with E-state index in [-0.39, 0.29) is 17.3 Å². The first-order valence-corrected chi connectivity index (χ1v) is 9.15. The Kier molecular flexibility index (Phi) is 5.16. The molecule has 1 N–H and O–H groups in total. The van der Waals surface area contributed by atoms with Crippen LogP contribution in [0.2, 0.25) is 0 Å². The molecular weight excluding hydrogens is 322 g/mol. The molecule has 1 aromatic heterocycles. The Morgan fingerprint density at radius 3 is 2.88 bits per heavy atom. The lowest BCUT2D eigenvalue weighted by molar-refractivity contribution is -0.116. The molecule has 1 aliphatic carbocycles. The Morgan fingerprint density at radius 1 is 1.42 bits per heavy atom. The molecule has 0 unspecified atom stereocenters. The maximum atomic E-state index is 12.2. The van der Waals surface area contributed by atoms with Crippen LogP contribution >= 0.6 is 11.3 Å². The third-order valence-corrected chi connectivity index (χ3v) is 5.29. The molecule has 1 aromatic carbocycles. The van der Waals surface area contributed by atoms with Gasteiger partial charge in [0.25, 0.3) is 0 Å². The first kappa shape index (κ1) is 16.9. The maximum Gasteiger partial charge on any atom is 0.307 e. The summed E-state index contributed by atoms with van der Waals surface area (Å²) in [6.45, 7) is 2.93. The second kappa shape index (κ2) is 7.32. The van der Waals surface area contributed by atoms with E-state index in [1.54, 1.807) is 5.38 Å². The minimum absolute atomic E-state index is 0.0583. The number of anilines is 1. The van der Waals surface area contributed by atoms with Gasteiger partial charge >= 0.3 is 4.87 Å². The zero-order valence-electron chi connectivity index (χ0n) is 14.1. The zero-order chi connectivity index (χ0) is 17.1. The lowest BCUT2D eigenvalue weighted by Gasteiger charge is -2.15. The summed E-state index contributed by atoms with van der Waals surface area (Å²) in [5.74, 6) is -0.175. The van der Waals surface area contributed by atoms with Crippen molar-refractivity contribution in [1.29, 1.82) is 0 Å². The van der Waals surface area contributed by atoms with Crippen LogP contribution in [0.25, 0.3) is 0 Å². The fourth-order valence-electron chi connectivity index (χ4n) is 2.75. The van der Waals surface area contributed by atoms with Crippen LogP contribution in [0.5, 0.6) is 0 Å². The molecule has 2 aromatic rings. The van der Waals surface area contributed by atoms with Gasteiger partial charge in [-0.05, 0) is 50.9 Å². The molecule has 0 bridgehead atoms. The van der Waals surface area contributed by atoms with Gasteiger partial charge in [0.05, 0.1) is 0 Å². The third kappa shape index (κ3) is 4.33. The third-order valence-electron chi connectivity index (χ3n) is 4.41. The number of thiazole rings is 1. The van der Waals surface area contributed by atoms with E-state index in [2.05, 4.69) is 23.3 Å². The normalized spacial score (nSPS) is 14.1. The number of benzene rings is 1. The van der Waals surface area contributed by atoms with Gasteiger partial charge in [-0.2, -0.15) is 0 Å². The highest BCUT2D eigenvalue weighted by atomic mass is 32.1. The smallest absolute Gasteiger partial charge is 0.307 e. The van der Waals surface area contributed by atoms with Crippen molar-refractivity contribution in [1.82, 2.24) is 9.47 Å². The van der Waals surface area contributed by atoms with Crippen molar-refractivity contribution < 1.29 is 4.79 Å². The SMILES string of the molecule is Cc1csc(=O)n1CC(=O)Nc1cccc(CCN(C)C2CC2)c1. The second-order valence-corrected chi connectivity index (χ2v) is 7.26. The molecular formula is C18H23N3O2S. The van der Waals surface area contributed by atoms with Crippen molar-refractivity contribution in [3.8, 4) is 0 Å². The van der Waals surface area contributed by atoms with Crippen molar-refractivity contribution in [2.75, 3.05) is 18.9 Å². The summed E-state index contributed by atoms with van der Waals surface area (Å²) < 4.78 is 1.49. The molecule has 3 rings (SSSR count). The largest absolute Gasteiger partial charge is 0.325 e. The van der Waals surface area contributed by atoms with Gasteiger partial charge in [0.1, 0.15) is 6.54 Å². The first-order valence-electron chi connectivity index (χ1n) is 8.27. The molecule has 6 heteroatoms. The van der Waals surface area contributed by atoms with Gasteiger partial charge in [-0.15, -0.1) is 0 Å². The predicted molar refractivity (Wildman–Crippen MR) is 97.7 cm³/mol. The van der Waals surface area contributed by atoms with E-state index in [1.807, 2.05) is 25.1 Å². The van der Waals surface area contributed by atoms with Gasteiger partial charge in [0.15, 0.2) is 0 Å². The van der Waals surface area contributed by atoms with E-state index in [0.717, 1.165) is 41.7 Å². The van der Waals surface area contributed by atoms with Crippen LogP contribution in [-0.2, 0) is 17.8 Å². The lowest BCUT2D eigenvalue weighted by Crippen LogP contribution is -2.25. The molecule has 1 aliphatic rings. The highest BCUT2D eigenvalue weighted by Crippen LogP contribution is 2.25. The Labute approximate surface area is 145 Å². The predicted octanol–water partition coefficient (Wildman–Crippen LogP) is 2.49. The van der Waals surface area contributed by atoms with Gasteiger partial charge in [0.2, 0.25) is 5.91 Å². The molecule has 1 amide bonds. The topological polar surface area (TPSA) is 54.3 Å². The number of likely N-dealkylation sites (N-methyl/N-ethyl adjacent to an activating group) is 1. The lowest BCUT2D eigenvalue weighted by atomic mass is 10.1. The standard InChI is InChI=1S/C18H23N3O2S/c1-13-12-24-18(23)21(13)11-17(22)19-15-5-3-4-14(10-15)8-9-20(2)16-6-7-16/h3-5,10,12,16H,6-9,11H2,1-2H3,(H,19,22). The van der Waals surface area contributed by atoms with Crippen LogP contribution in [0.15, 0.2) is 34.4 Å². The van der Waals surface area contributed by atoms with Crippen molar-refractivity contribution >= 4 is 22.9 Å². The molecule has 128 valence electrons. The zero-order valence-corrected chi connectivity index (χ0v) is 14.9. The van der Waals surface area contributed by atoms with Crippen molar-refractivity contribution in [3.63, 3.8) is 0 Å².